The summed E-state index contributed by atoms with van der Waals surface area (Å²) >= 11 is 1.85. The minimum atomic E-state index is 0.193. The Kier molecular flexibility index (Phi) is 5.49. The van der Waals surface area contributed by atoms with Crippen LogP contribution in [0.2, 0.25) is 0 Å². The summed E-state index contributed by atoms with van der Waals surface area (Å²) < 4.78 is 5.47. The van der Waals surface area contributed by atoms with Gasteiger partial charge >= 0.3 is 0 Å². The number of carbonyl (C=O) groups excluding carboxylic acids is 1. The summed E-state index contributed by atoms with van der Waals surface area (Å²) in [5.41, 5.74) is 1.96. The number of carbonyl (C=O) groups is 1. The first-order valence-corrected chi connectivity index (χ1v) is 8.49. The zero-order chi connectivity index (χ0) is 14.5. The largest absolute Gasteiger partial charge is 0.493 e. The highest BCUT2D eigenvalue weighted by molar-refractivity contribution is 7.98. The number of hydrogen-bond donors (Lipinski definition) is 0. The molecule has 1 unspecified atom stereocenters. The Hall–Kier alpha value is -1.00. The van der Waals surface area contributed by atoms with Crippen molar-refractivity contribution in [1.29, 1.82) is 0 Å². The van der Waals surface area contributed by atoms with E-state index in [9.17, 15) is 4.79 Å². The molecule has 0 saturated carbocycles. The van der Waals surface area contributed by atoms with Gasteiger partial charge in [-0.25, -0.2) is 0 Å². The van der Waals surface area contributed by atoms with Crippen molar-refractivity contribution >= 4 is 17.5 Å². The zero-order valence-corrected chi connectivity index (χ0v) is 13.3. The number of hydrogen-bond acceptors (Lipinski definition) is 4. The van der Waals surface area contributed by atoms with E-state index in [4.69, 9.17) is 4.74 Å². The molecule has 0 aromatic heterocycles. The monoisotopic (exact) mass is 293 g/mol. The lowest BCUT2D eigenvalue weighted by Gasteiger charge is -2.23. The summed E-state index contributed by atoms with van der Waals surface area (Å²) in [6, 6.07) is 6.23. The summed E-state index contributed by atoms with van der Waals surface area (Å²) in [6.07, 6.45) is 4.14. The molecule has 0 spiro atoms. The molecule has 0 N–H and O–H groups in total. The van der Waals surface area contributed by atoms with E-state index >= 15 is 0 Å². The third-order valence-corrected chi connectivity index (χ3v) is 4.54. The van der Waals surface area contributed by atoms with Gasteiger partial charge in [0.2, 0.25) is 0 Å². The third-order valence-electron chi connectivity index (χ3n) is 3.90. The lowest BCUT2D eigenvalue weighted by Crippen LogP contribution is -2.34. The maximum atomic E-state index is 12.3. The number of ketones is 1. The minimum Gasteiger partial charge on any atom is -0.493 e. The van der Waals surface area contributed by atoms with Gasteiger partial charge in [-0.2, -0.15) is 11.8 Å². The number of fused-ring (bicyclic) bond motifs is 1. The summed E-state index contributed by atoms with van der Waals surface area (Å²) in [6.45, 7) is 3.40. The van der Waals surface area contributed by atoms with Crippen molar-refractivity contribution in [2.45, 2.75) is 25.8 Å². The highest BCUT2D eigenvalue weighted by Crippen LogP contribution is 2.26. The Morgan fingerprint density at radius 1 is 1.50 bits per heavy atom. The first kappa shape index (κ1) is 15.4. The first-order valence-electron chi connectivity index (χ1n) is 7.10. The van der Waals surface area contributed by atoms with Crippen LogP contribution < -0.4 is 4.74 Å². The van der Waals surface area contributed by atoms with Gasteiger partial charge in [-0.3, -0.25) is 9.69 Å². The van der Waals surface area contributed by atoms with E-state index in [1.54, 1.807) is 0 Å². The van der Waals surface area contributed by atoms with Crippen molar-refractivity contribution in [3.05, 3.63) is 29.3 Å². The van der Waals surface area contributed by atoms with Crippen LogP contribution in [0.1, 0.15) is 29.3 Å². The van der Waals surface area contributed by atoms with Crippen molar-refractivity contribution in [3.63, 3.8) is 0 Å². The molecule has 1 aromatic rings. The Balaban J connectivity index is 1.94. The normalized spacial score (nSPS) is 15.0. The van der Waals surface area contributed by atoms with E-state index in [0.717, 1.165) is 42.1 Å². The van der Waals surface area contributed by atoms with Crippen LogP contribution in [0.3, 0.4) is 0 Å². The molecular formula is C16H23NO2S. The predicted molar refractivity (Wildman–Crippen MR) is 85.1 cm³/mol. The van der Waals surface area contributed by atoms with Gasteiger partial charge < -0.3 is 4.74 Å². The van der Waals surface area contributed by atoms with Crippen LogP contribution in [0.5, 0.6) is 5.75 Å². The summed E-state index contributed by atoms with van der Waals surface area (Å²) in [5.74, 6) is 2.26. The SMILES string of the molecule is CSCCC(C)N(C)CC(=O)c1ccc2c(c1)CCO2. The molecule has 0 aliphatic carbocycles. The highest BCUT2D eigenvalue weighted by Gasteiger charge is 2.17. The van der Waals surface area contributed by atoms with E-state index in [1.165, 1.54) is 0 Å². The van der Waals surface area contributed by atoms with Crippen LogP contribution in [-0.2, 0) is 6.42 Å². The second kappa shape index (κ2) is 7.14. The Morgan fingerprint density at radius 3 is 3.05 bits per heavy atom. The quantitative estimate of drug-likeness (QED) is 0.723. The second-order valence-electron chi connectivity index (χ2n) is 5.39. The molecule has 1 aromatic carbocycles. The van der Waals surface area contributed by atoms with E-state index < -0.39 is 0 Å². The third kappa shape index (κ3) is 3.76. The molecule has 1 aliphatic heterocycles. The number of nitrogens with zero attached hydrogens (tertiary/aromatic N) is 1. The molecule has 4 heteroatoms. The average molecular weight is 293 g/mol. The lowest BCUT2D eigenvalue weighted by atomic mass is 10.0. The molecule has 110 valence electrons. The van der Waals surface area contributed by atoms with Crippen LogP contribution in [0.15, 0.2) is 18.2 Å². The number of rotatable bonds is 7. The van der Waals surface area contributed by atoms with Gasteiger partial charge in [-0.1, -0.05) is 0 Å². The number of likely N-dealkylation sites (N-methyl/N-ethyl adjacent to an activating group) is 1. The van der Waals surface area contributed by atoms with Gasteiger partial charge in [-0.15, -0.1) is 0 Å². The first-order chi connectivity index (χ1) is 9.61. The topological polar surface area (TPSA) is 29.5 Å². The van der Waals surface area contributed by atoms with Crippen LogP contribution in [0, 0.1) is 0 Å². The molecule has 3 nitrogen and oxygen atoms in total. The molecule has 1 atom stereocenters. The maximum Gasteiger partial charge on any atom is 0.176 e. The molecule has 1 heterocycles. The summed E-state index contributed by atoms with van der Waals surface area (Å²) in [4.78, 5) is 14.5. The number of ether oxygens (including phenoxy) is 1. The minimum absolute atomic E-state index is 0.193. The van der Waals surface area contributed by atoms with Crippen LogP contribution >= 0.6 is 11.8 Å². The second-order valence-corrected chi connectivity index (χ2v) is 6.38. The predicted octanol–water partition coefficient (Wildman–Crippen LogP) is 2.88. The van der Waals surface area contributed by atoms with Gasteiger partial charge in [-0.05, 0) is 56.2 Å². The molecule has 1 aliphatic rings. The van der Waals surface area contributed by atoms with Crippen molar-refractivity contribution in [2.24, 2.45) is 0 Å². The van der Waals surface area contributed by atoms with Gasteiger partial charge in [0, 0.05) is 18.0 Å². The van der Waals surface area contributed by atoms with Crippen LogP contribution in [0.25, 0.3) is 0 Å². The maximum absolute atomic E-state index is 12.3. The van der Waals surface area contributed by atoms with Crippen molar-refractivity contribution in [3.8, 4) is 5.75 Å². The Labute approximate surface area is 125 Å². The fraction of sp³-hybridized carbons (Fsp3) is 0.562. The van der Waals surface area contributed by atoms with Crippen molar-refractivity contribution < 1.29 is 9.53 Å². The molecule has 0 bridgehead atoms. The van der Waals surface area contributed by atoms with E-state index in [-0.39, 0.29) is 5.78 Å². The van der Waals surface area contributed by atoms with Gasteiger partial charge in [0.25, 0.3) is 0 Å². The zero-order valence-electron chi connectivity index (χ0n) is 12.5. The van der Waals surface area contributed by atoms with Gasteiger partial charge in [0.1, 0.15) is 5.75 Å². The number of benzene rings is 1. The lowest BCUT2D eigenvalue weighted by molar-refractivity contribution is 0.0923. The van der Waals surface area contributed by atoms with Gasteiger partial charge in [0.05, 0.1) is 13.2 Å². The van der Waals surface area contributed by atoms with Crippen LogP contribution in [0.4, 0.5) is 0 Å². The molecule has 0 fully saturated rings. The van der Waals surface area contributed by atoms with E-state index in [0.29, 0.717) is 12.6 Å². The standard InChI is InChI=1S/C16H23NO2S/c1-12(7-9-20-3)17(2)11-15(18)13-4-5-16-14(10-13)6-8-19-16/h4-5,10,12H,6-9,11H2,1-3H3. The Bertz CT molecular complexity index is 476. The molecule has 2 rings (SSSR count). The molecule has 0 radical (unpaired) electrons. The van der Waals surface area contributed by atoms with E-state index in [2.05, 4.69) is 18.1 Å². The van der Waals surface area contributed by atoms with Gasteiger partial charge in [0.15, 0.2) is 5.78 Å². The molecule has 20 heavy (non-hydrogen) atoms. The summed E-state index contributed by atoms with van der Waals surface area (Å²) in [5, 5.41) is 0. The van der Waals surface area contributed by atoms with Crippen LogP contribution in [-0.4, -0.2) is 48.9 Å². The smallest absolute Gasteiger partial charge is 0.176 e. The molecule has 0 amide bonds. The van der Waals surface area contributed by atoms with Crippen molar-refractivity contribution in [1.82, 2.24) is 4.90 Å². The summed E-state index contributed by atoms with van der Waals surface area (Å²) in [7, 11) is 2.03. The van der Waals surface area contributed by atoms with Crippen molar-refractivity contribution in [2.75, 3.05) is 32.2 Å². The average Bonchev–Trinajstić information content (AvgIpc) is 2.91. The number of thioether (sulfide) groups is 1. The fourth-order valence-corrected chi connectivity index (χ4v) is 2.92. The number of Topliss-reactive ketones (excluding diaryl/α,β-unsaturated/α-hetero) is 1. The molecule has 0 saturated heterocycles. The Morgan fingerprint density at radius 2 is 2.30 bits per heavy atom. The highest BCUT2D eigenvalue weighted by atomic mass is 32.2. The van der Waals surface area contributed by atoms with E-state index in [1.807, 2.05) is 37.0 Å². The molecular weight excluding hydrogens is 270 g/mol. The fourth-order valence-electron chi connectivity index (χ4n) is 2.34.